The average molecular weight is 369 g/mol. The van der Waals surface area contributed by atoms with E-state index in [0.717, 1.165) is 41.6 Å². The molecule has 1 amide bonds. The number of hydrogen-bond donors (Lipinski definition) is 0. The summed E-state index contributed by atoms with van der Waals surface area (Å²) >= 11 is 0. The summed E-state index contributed by atoms with van der Waals surface area (Å²) in [7, 11) is 0.750. The molecule has 0 saturated heterocycles. The molecule has 1 N–H and O–H groups in total. The van der Waals surface area contributed by atoms with Crippen molar-refractivity contribution in [2.24, 2.45) is 5.92 Å². The van der Waals surface area contributed by atoms with E-state index in [2.05, 4.69) is 25.2 Å². The number of hydrogen-bond acceptors (Lipinski definition) is 1. The Bertz CT molecular complexity index is 248. The van der Waals surface area contributed by atoms with Crippen LogP contribution < -0.4 is 24.8 Å². The molecule has 0 aromatic heterocycles. The zero-order valence-electron chi connectivity index (χ0n) is 12.3. The second-order valence-corrected chi connectivity index (χ2v) is 5.43. The van der Waals surface area contributed by atoms with Crippen molar-refractivity contribution < 1.29 is 51.3 Å². The van der Waals surface area contributed by atoms with E-state index in [1.54, 1.807) is 0 Å². The molecule has 0 aromatic rings. The number of carbonyl (C=O) groups excluding carboxylic acids is 1. The molecule has 0 aliphatic heterocycles. The first kappa shape index (κ1) is 28.6. The summed E-state index contributed by atoms with van der Waals surface area (Å²) in [6.07, 6.45) is 15.5. The summed E-state index contributed by atoms with van der Waals surface area (Å²) in [5.74, 6) is -0.270. The molecule has 6 heteroatoms. The summed E-state index contributed by atoms with van der Waals surface area (Å²) in [4.78, 5) is 10.5. The van der Waals surface area contributed by atoms with Gasteiger partial charge in [-0.1, -0.05) is 32.4 Å². The van der Waals surface area contributed by atoms with Crippen LogP contribution in [0.3, 0.4) is 0 Å². The fraction of sp³-hybridized carbons (Fsp3) is 0.643. The molecule has 0 spiro atoms. The van der Waals surface area contributed by atoms with Gasteiger partial charge in [-0.15, -0.1) is 6.42 Å². The molecule has 0 heterocycles. The molecule has 1 fully saturated rings. The maximum atomic E-state index is 10.5. The summed E-state index contributed by atoms with van der Waals surface area (Å²) in [6.45, 7) is 4.42. The van der Waals surface area contributed by atoms with E-state index in [1.165, 1.54) is 6.42 Å². The monoisotopic (exact) mass is 368 g/mol. The van der Waals surface area contributed by atoms with Crippen LogP contribution in [0, 0.1) is 12.0 Å². The van der Waals surface area contributed by atoms with Gasteiger partial charge in [0.1, 0.15) is 0 Å². The number of rotatable bonds is 1. The minimum absolute atomic E-state index is 0. The van der Waals surface area contributed by atoms with Crippen LogP contribution in [0.5, 0.6) is 0 Å². The third kappa shape index (κ3) is 18.5. The number of amides is 1. The van der Waals surface area contributed by atoms with Crippen LogP contribution in [0.15, 0.2) is 18.2 Å². The van der Waals surface area contributed by atoms with Gasteiger partial charge >= 0.3 is 21.7 Å². The first-order chi connectivity index (χ1) is 8.22. The van der Waals surface area contributed by atoms with Gasteiger partial charge in [0.2, 0.25) is 0 Å². The van der Waals surface area contributed by atoms with E-state index in [1.807, 2.05) is 12.2 Å². The first-order valence-corrected chi connectivity index (χ1v) is 8.74. The van der Waals surface area contributed by atoms with E-state index in [-0.39, 0.29) is 58.4 Å². The third-order valence-electron chi connectivity index (χ3n) is 2.56. The SMILES string of the molecule is C[SiH]C.[C-]1=CC=CC1.[Cl-].[Cl-].[NH-]C(=O)C1CCCCC1.[Ti+4]. The maximum absolute atomic E-state index is 10.5. The number of carbonyl (C=O) groups is 1. The molecule has 2 aliphatic carbocycles. The first-order valence-electron chi connectivity index (χ1n) is 6.43. The second-order valence-electron chi connectivity index (χ2n) is 4.28. The number of halogens is 2. The smallest absolute Gasteiger partial charge is 1.00 e. The fourth-order valence-corrected chi connectivity index (χ4v) is 1.70. The predicted molar refractivity (Wildman–Crippen MR) is 76.4 cm³/mol. The summed E-state index contributed by atoms with van der Waals surface area (Å²) in [5.41, 5.74) is 6.83. The zero-order valence-corrected chi connectivity index (χ0v) is 16.5. The Balaban J connectivity index is -0.000000102. The quantitative estimate of drug-likeness (QED) is 0.389. The molecule has 2 rings (SSSR count). The molecule has 0 atom stereocenters. The van der Waals surface area contributed by atoms with Gasteiger partial charge in [0.05, 0.1) is 5.91 Å². The van der Waals surface area contributed by atoms with Crippen LogP contribution in [-0.4, -0.2) is 15.4 Å². The van der Waals surface area contributed by atoms with Crippen molar-refractivity contribution in [2.45, 2.75) is 51.6 Å². The molecular formula is C14H24Cl2NOSiTi. The van der Waals surface area contributed by atoms with E-state index in [9.17, 15) is 4.79 Å². The van der Waals surface area contributed by atoms with Crippen molar-refractivity contribution in [3.05, 3.63) is 30.0 Å². The molecule has 0 bridgehead atoms. The van der Waals surface area contributed by atoms with Gasteiger partial charge in [-0.2, -0.15) is 6.08 Å². The van der Waals surface area contributed by atoms with Gasteiger partial charge in [-0.25, -0.2) is 12.2 Å². The Hall–Kier alpha value is 0.461. The molecule has 20 heavy (non-hydrogen) atoms. The minimum atomic E-state index is -0.352. The van der Waals surface area contributed by atoms with Crippen molar-refractivity contribution in [3.63, 3.8) is 0 Å². The normalized spacial score (nSPS) is 15.1. The standard InChI is InChI=1S/C7H13NO.C5H5.C2H7Si.2ClH.Ti/c8-7(9)6-4-2-1-3-5-6;1-2-4-5-3-1;1-3-2;;;/h6H,1-5H2,(H2,8,9);1-3H,4H2;3H,1-2H3;2*1H;/q;-1;;;;+4/p-3. The van der Waals surface area contributed by atoms with Crippen LogP contribution in [0.25, 0.3) is 5.73 Å². The van der Waals surface area contributed by atoms with Gasteiger partial charge in [-0.3, -0.25) is 6.08 Å². The van der Waals surface area contributed by atoms with Crippen LogP contribution >= 0.6 is 0 Å². The molecular weight excluding hydrogens is 345 g/mol. The Labute approximate surface area is 153 Å². The second kappa shape index (κ2) is 21.8. The van der Waals surface area contributed by atoms with E-state index < -0.39 is 0 Å². The molecule has 2 aliphatic rings. The van der Waals surface area contributed by atoms with Crippen molar-refractivity contribution in [1.82, 2.24) is 0 Å². The zero-order chi connectivity index (χ0) is 12.9. The molecule has 1 radical (unpaired) electrons. The van der Waals surface area contributed by atoms with Crippen LogP contribution in [0.2, 0.25) is 13.1 Å². The Kier molecular flexibility index (Phi) is 31.1. The largest absolute Gasteiger partial charge is 4.00 e. The van der Waals surface area contributed by atoms with Crippen LogP contribution in [-0.2, 0) is 26.5 Å². The summed E-state index contributed by atoms with van der Waals surface area (Å²) < 4.78 is 0. The average Bonchev–Trinajstić information content (AvgIpc) is 2.90. The predicted octanol–water partition coefficient (Wildman–Crippen LogP) is -2.02. The number of allylic oxidation sites excluding steroid dienone is 4. The van der Waals surface area contributed by atoms with Gasteiger partial charge in [0, 0.05) is 15.4 Å². The van der Waals surface area contributed by atoms with Crippen LogP contribution in [0.4, 0.5) is 0 Å². The van der Waals surface area contributed by atoms with Crippen molar-refractivity contribution >= 4 is 15.4 Å². The van der Waals surface area contributed by atoms with Crippen molar-refractivity contribution in [2.75, 3.05) is 0 Å². The fourth-order valence-electron chi connectivity index (χ4n) is 1.70. The molecule has 0 unspecified atom stereocenters. The van der Waals surface area contributed by atoms with E-state index in [0.29, 0.717) is 0 Å². The maximum Gasteiger partial charge on any atom is 4.00 e. The molecule has 1 saturated carbocycles. The third-order valence-corrected chi connectivity index (χ3v) is 2.56. The topological polar surface area (TPSA) is 40.9 Å². The Morgan fingerprint density at radius 2 is 1.70 bits per heavy atom. The van der Waals surface area contributed by atoms with E-state index >= 15 is 0 Å². The van der Waals surface area contributed by atoms with Crippen molar-refractivity contribution in [3.8, 4) is 0 Å². The minimum Gasteiger partial charge on any atom is -1.00 e. The number of nitrogens with one attached hydrogen (secondary N) is 1. The summed E-state index contributed by atoms with van der Waals surface area (Å²) in [5, 5.41) is 0. The molecule has 2 nitrogen and oxygen atoms in total. The van der Waals surface area contributed by atoms with Gasteiger partial charge in [0.25, 0.3) is 0 Å². The Morgan fingerprint density at radius 1 is 1.20 bits per heavy atom. The Morgan fingerprint density at radius 3 is 1.90 bits per heavy atom. The summed E-state index contributed by atoms with van der Waals surface area (Å²) in [6, 6.07) is 0. The van der Waals surface area contributed by atoms with Gasteiger partial charge < -0.3 is 35.3 Å². The van der Waals surface area contributed by atoms with Gasteiger partial charge in [0.15, 0.2) is 0 Å². The van der Waals surface area contributed by atoms with Crippen LogP contribution in [0.1, 0.15) is 38.5 Å². The molecule has 113 valence electrons. The van der Waals surface area contributed by atoms with E-state index in [4.69, 9.17) is 5.73 Å². The molecule has 0 aromatic carbocycles. The van der Waals surface area contributed by atoms with Crippen molar-refractivity contribution in [1.29, 1.82) is 0 Å². The van der Waals surface area contributed by atoms with Gasteiger partial charge in [-0.05, 0) is 12.8 Å².